The predicted octanol–water partition coefficient (Wildman–Crippen LogP) is 6.69. The van der Waals surface area contributed by atoms with Crippen LogP contribution in [0.5, 0.6) is 0 Å². The van der Waals surface area contributed by atoms with Gasteiger partial charge in [-0.05, 0) is 42.0 Å². The quantitative estimate of drug-likeness (QED) is 0.336. The van der Waals surface area contributed by atoms with Crippen LogP contribution in [0.3, 0.4) is 0 Å². The van der Waals surface area contributed by atoms with E-state index in [-0.39, 0.29) is 0 Å². The highest BCUT2D eigenvalue weighted by molar-refractivity contribution is 6.30. The van der Waals surface area contributed by atoms with E-state index < -0.39 is 0 Å². The molecular formula is C23H14Cl2N2. The lowest BCUT2D eigenvalue weighted by Crippen LogP contribution is -1.99. The molecule has 0 saturated heterocycles. The fraction of sp³-hybridized carbons (Fsp3) is 0.0435. The molecule has 130 valence electrons. The second-order valence-electron chi connectivity index (χ2n) is 6.57. The van der Waals surface area contributed by atoms with E-state index in [1.54, 1.807) is 0 Å². The Morgan fingerprint density at radius 2 is 1.22 bits per heavy atom. The second kappa shape index (κ2) is 6.49. The van der Waals surface area contributed by atoms with Gasteiger partial charge in [0, 0.05) is 38.7 Å². The molecule has 2 nitrogen and oxygen atoms in total. The minimum Gasteiger partial charge on any atom is -0.228 e. The van der Waals surface area contributed by atoms with Crippen LogP contribution in [-0.4, -0.2) is 9.97 Å². The summed E-state index contributed by atoms with van der Waals surface area (Å²) in [4.78, 5) is 9.85. The summed E-state index contributed by atoms with van der Waals surface area (Å²) >= 11 is 12.1. The van der Waals surface area contributed by atoms with Crippen LogP contribution in [0.2, 0.25) is 10.0 Å². The van der Waals surface area contributed by atoms with Gasteiger partial charge in [0.15, 0.2) is 5.82 Å². The van der Waals surface area contributed by atoms with Gasteiger partial charge in [-0.2, -0.15) is 0 Å². The average molecular weight is 389 g/mol. The minimum atomic E-state index is 0.697. The van der Waals surface area contributed by atoms with Gasteiger partial charge in [-0.1, -0.05) is 59.6 Å². The first-order chi connectivity index (χ1) is 13.2. The van der Waals surface area contributed by atoms with Gasteiger partial charge < -0.3 is 0 Å². The van der Waals surface area contributed by atoms with Crippen LogP contribution in [0.4, 0.5) is 0 Å². The lowest BCUT2D eigenvalue weighted by molar-refractivity contribution is 1.13. The number of fused-ring (bicyclic) bond motifs is 3. The van der Waals surface area contributed by atoms with E-state index in [9.17, 15) is 0 Å². The fourth-order valence-electron chi connectivity index (χ4n) is 3.54. The van der Waals surface area contributed by atoms with Gasteiger partial charge in [0.1, 0.15) is 0 Å². The molecule has 0 saturated carbocycles. The van der Waals surface area contributed by atoms with Crippen molar-refractivity contribution in [1.82, 2.24) is 9.97 Å². The molecule has 1 aliphatic rings. The molecule has 1 aromatic heterocycles. The van der Waals surface area contributed by atoms with Crippen molar-refractivity contribution in [3.05, 3.63) is 94.0 Å². The Morgan fingerprint density at radius 1 is 0.630 bits per heavy atom. The highest BCUT2D eigenvalue weighted by Crippen LogP contribution is 2.40. The van der Waals surface area contributed by atoms with Gasteiger partial charge in [0.25, 0.3) is 0 Å². The Labute approximate surface area is 167 Å². The van der Waals surface area contributed by atoms with Gasteiger partial charge in [-0.15, -0.1) is 0 Å². The molecule has 0 atom stereocenters. The lowest BCUT2D eigenvalue weighted by Gasteiger charge is -2.11. The number of rotatable bonds is 2. The number of aromatic nitrogens is 2. The molecule has 4 heteroatoms. The van der Waals surface area contributed by atoms with Gasteiger partial charge in [-0.3, -0.25) is 0 Å². The molecule has 4 aromatic rings. The smallest absolute Gasteiger partial charge is 0.160 e. The molecule has 0 aliphatic heterocycles. The number of halogens is 2. The molecule has 0 bridgehead atoms. The van der Waals surface area contributed by atoms with Crippen molar-refractivity contribution in [2.24, 2.45) is 0 Å². The third-order valence-electron chi connectivity index (χ3n) is 4.87. The first kappa shape index (κ1) is 16.5. The Balaban J connectivity index is 1.76. The maximum Gasteiger partial charge on any atom is 0.160 e. The molecule has 1 aliphatic carbocycles. The summed E-state index contributed by atoms with van der Waals surface area (Å²) in [6.45, 7) is 0. The van der Waals surface area contributed by atoms with Crippen LogP contribution in [0, 0.1) is 0 Å². The molecule has 5 rings (SSSR count). The van der Waals surface area contributed by atoms with Crippen LogP contribution in [0.1, 0.15) is 11.1 Å². The van der Waals surface area contributed by atoms with Crippen molar-refractivity contribution in [1.29, 1.82) is 0 Å². The molecular weight excluding hydrogens is 375 g/mol. The highest BCUT2D eigenvalue weighted by Gasteiger charge is 2.25. The van der Waals surface area contributed by atoms with Crippen LogP contribution >= 0.6 is 23.2 Å². The van der Waals surface area contributed by atoms with E-state index in [1.165, 1.54) is 11.1 Å². The summed E-state index contributed by atoms with van der Waals surface area (Å²) in [6.07, 6.45) is 0.838. The zero-order valence-corrected chi connectivity index (χ0v) is 15.8. The molecule has 3 aromatic carbocycles. The molecule has 27 heavy (non-hydrogen) atoms. The molecule has 0 fully saturated rings. The van der Waals surface area contributed by atoms with E-state index in [2.05, 4.69) is 24.3 Å². The first-order valence-electron chi connectivity index (χ1n) is 8.70. The SMILES string of the molecule is Clc1ccc(-c2nc(-c3ccc(Cl)cc3)c3c(n2)-c2ccccc2C3)cc1. The van der Waals surface area contributed by atoms with Crippen molar-refractivity contribution in [2.75, 3.05) is 0 Å². The molecule has 0 spiro atoms. The monoisotopic (exact) mass is 388 g/mol. The van der Waals surface area contributed by atoms with Gasteiger partial charge in [0.2, 0.25) is 0 Å². The van der Waals surface area contributed by atoms with Gasteiger partial charge >= 0.3 is 0 Å². The molecule has 0 N–H and O–H groups in total. The predicted molar refractivity (Wildman–Crippen MR) is 111 cm³/mol. The topological polar surface area (TPSA) is 25.8 Å². The Hall–Kier alpha value is -2.68. The van der Waals surface area contributed by atoms with E-state index in [0.29, 0.717) is 15.9 Å². The summed E-state index contributed by atoms with van der Waals surface area (Å²) < 4.78 is 0. The minimum absolute atomic E-state index is 0.697. The summed E-state index contributed by atoms with van der Waals surface area (Å²) in [7, 11) is 0. The van der Waals surface area contributed by atoms with Crippen molar-refractivity contribution < 1.29 is 0 Å². The first-order valence-corrected chi connectivity index (χ1v) is 9.46. The van der Waals surface area contributed by atoms with E-state index >= 15 is 0 Å². The summed E-state index contributed by atoms with van der Waals surface area (Å²) in [6, 6.07) is 23.9. The molecule has 0 unspecified atom stereocenters. The zero-order chi connectivity index (χ0) is 18.4. The van der Waals surface area contributed by atoms with Gasteiger partial charge in [-0.25, -0.2) is 9.97 Å². The Bertz CT molecular complexity index is 1150. The third kappa shape index (κ3) is 2.91. The zero-order valence-electron chi connectivity index (χ0n) is 14.3. The average Bonchev–Trinajstić information content (AvgIpc) is 3.07. The van der Waals surface area contributed by atoms with E-state index in [1.807, 2.05) is 48.5 Å². The summed E-state index contributed by atoms with van der Waals surface area (Å²) in [5, 5.41) is 1.41. The van der Waals surface area contributed by atoms with Crippen molar-refractivity contribution >= 4 is 23.2 Å². The fourth-order valence-corrected chi connectivity index (χ4v) is 3.80. The molecule has 1 heterocycles. The van der Waals surface area contributed by atoms with Crippen molar-refractivity contribution in [3.63, 3.8) is 0 Å². The normalized spacial score (nSPS) is 11.9. The molecule has 0 radical (unpaired) electrons. The summed E-state index contributed by atoms with van der Waals surface area (Å²) in [5.41, 5.74) is 7.58. The maximum absolute atomic E-state index is 6.09. The number of nitrogens with zero attached hydrogens (tertiary/aromatic N) is 2. The standard InChI is InChI=1S/C23H14Cl2N2/c24-17-9-5-14(6-10-17)21-20-13-16-3-1-2-4-19(16)22(20)27-23(26-21)15-7-11-18(25)12-8-15/h1-12H,13H2. The number of hydrogen-bond donors (Lipinski definition) is 0. The second-order valence-corrected chi connectivity index (χ2v) is 7.44. The largest absolute Gasteiger partial charge is 0.228 e. The number of benzene rings is 3. The third-order valence-corrected chi connectivity index (χ3v) is 5.37. The Morgan fingerprint density at radius 3 is 1.93 bits per heavy atom. The lowest BCUT2D eigenvalue weighted by atomic mass is 10.0. The van der Waals surface area contributed by atoms with E-state index in [4.69, 9.17) is 33.2 Å². The van der Waals surface area contributed by atoms with Crippen LogP contribution in [-0.2, 0) is 6.42 Å². The van der Waals surface area contributed by atoms with Crippen LogP contribution in [0.15, 0.2) is 72.8 Å². The van der Waals surface area contributed by atoms with E-state index in [0.717, 1.165) is 34.5 Å². The number of hydrogen-bond acceptors (Lipinski definition) is 2. The Kier molecular flexibility index (Phi) is 3.96. The van der Waals surface area contributed by atoms with Crippen LogP contribution < -0.4 is 0 Å². The molecule has 0 amide bonds. The van der Waals surface area contributed by atoms with Gasteiger partial charge in [0.05, 0.1) is 11.4 Å². The maximum atomic E-state index is 6.09. The van der Waals surface area contributed by atoms with Crippen LogP contribution in [0.25, 0.3) is 33.9 Å². The highest BCUT2D eigenvalue weighted by atomic mass is 35.5. The van der Waals surface area contributed by atoms with Crippen molar-refractivity contribution in [3.8, 4) is 33.9 Å². The summed E-state index contributed by atoms with van der Waals surface area (Å²) in [5.74, 6) is 0.701. The van der Waals surface area contributed by atoms with Crippen molar-refractivity contribution in [2.45, 2.75) is 6.42 Å².